The summed E-state index contributed by atoms with van der Waals surface area (Å²) in [5, 5.41) is 5.12. The summed E-state index contributed by atoms with van der Waals surface area (Å²) in [6.45, 7) is 0. The van der Waals surface area contributed by atoms with Gasteiger partial charge in [0.15, 0.2) is 0 Å². The summed E-state index contributed by atoms with van der Waals surface area (Å²) in [5.41, 5.74) is 0.295. The van der Waals surface area contributed by atoms with Crippen LogP contribution in [0.25, 0.3) is 0 Å². The minimum absolute atomic E-state index is 0.0787. The fourth-order valence-corrected chi connectivity index (χ4v) is 3.88. The maximum atomic E-state index is 11.5. The smallest absolute Gasteiger partial charge is 0.238 e. The Hall–Kier alpha value is -1.55. The molecule has 0 radical (unpaired) electrons. The molecule has 3 N–H and O–H groups in total. The molecule has 2 aromatic rings. The Morgan fingerprint density at radius 1 is 1.00 bits per heavy atom. The second-order valence-electron chi connectivity index (χ2n) is 4.49. The Balaban J connectivity index is 2.50. The van der Waals surface area contributed by atoms with E-state index in [4.69, 9.17) is 5.14 Å². The molecule has 0 aliphatic rings. The largest absolute Gasteiger partial charge is 0.283 e. The van der Waals surface area contributed by atoms with Crippen molar-refractivity contribution in [3.63, 3.8) is 0 Å². The van der Waals surface area contributed by atoms with Crippen LogP contribution in [0.3, 0.4) is 0 Å². The van der Waals surface area contributed by atoms with Gasteiger partial charge in [0.1, 0.15) is 0 Å². The quantitative estimate of drug-likeness (QED) is 0.848. The SMILES string of the molecule is CS(=O)(=O)Nc1ccc(S(N)(=O)=O)cc1Sc1ccccc1. The number of hydrogen-bond donors (Lipinski definition) is 2. The molecule has 118 valence electrons. The van der Waals surface area contributed by atoms with Crippen molar-refractivity contribution < 1.29 is 16.8 Å². The predicted molar refractivity (Wildman–Crippen MR) is 86.8 cm³/mol. The molecule has 0 aromatic heterocycles. The third-order valence-corrected chi connectivity index (χ3v) is 5.12. The molecule has 0 fully saturated rings. The molecule has 9 heteroatoms. The van der Waals surface area contributed by atoms with Crippen molar-refractivity contribution in [3.8, 4) is 0 Å². The van der Waals surface area contributed by atoms with Gasteiger partial charge in [-0.3, -0.25) is 4.72 Å². The molecule has 0 aliphatic carbocycles. The third-order valence-electron chi connectivity index (χ3n) is 2.55. The molecule has 0 bridgehead atoms. The van der Waals surface area contributed by atoms with Crippen molar-refractivity contribution in [2.75, 3.05) is 11.0 Å². The number of hydrogen-bond acceptors (Lipinski definition) is 5. The topological polar surface area (TPSA) is 106 Å². The van der Waals surface area contributed by atoms with E-state index in [2.05, 4.69) is 4.72 Å². The maximum absolute atomic E-state index is 11.5. The van der Waals surface area contributed by atoms with E-state index in [1.165, 1.54) is 30.0 Å². The lowest BCUT2D eigenvalue weighted by Gasteiger charge is -2.12. The van der Waals surface area contributed by atoms with E-state index < -0.39 is 20.0 Å². The fourth-order valence-electron chi connectivity index (χ4n) is 1.66. The van der Waals surface area contributed by atoms with Crippen molar-refractivity contribution >= 4 is 37.5 Å². The summed E-state index contributed by atoms with van der Waals surface area (Å²) in [4.78, 5) is 1.21. The van der Waals surface area contributed by atoms with E-state index in [1.54, 1.807) is 0 Å². The molecule has 0 saturated heterocycles. The van der Waals surface area contributed by atoms with Gasteiger partial charge in [-0.2, -0.15) is 0 Å². The number of primary sulfonamides is 1. The average Bonchev–Trinajstić information content (AvgIpc) is 2.39. The molecular weight excluding hydrogens is 344 g/mol. The molecule has 0 atom stereocenters. The summed E-state index contributed by atoms with van der Waals surface area (Å²) in [6, 6.07) is 13.2. The van der Waals surface area contributed by atoms with Crippen molar-refractivity contribution in [1.82, 2.24) is 0 Å². The summed E-state index contributed by atoms with van der Waals surface area (Å²) in [5.74, 6) is 0. The Bertz CT molecular complexity index is 879. The van der Waals surface area contributed by atoms with Gasteiger partial charge in [0, 0.05) is 9.79 Å². The summed E-state index contributed by atoms with van der Waals surface area (Å²) < 4.78 is 48.1. The van der Waals surface area contributed by atoms with Gasteiger partial charge in [0.25, 0.3) is 0 Å². The zero-order valence-corrected chi connectivity index (χ0v) is 14.0. The highest BCUT2D eigenvalue weighted by atomic mass is 32.2. The normalized spacial score (nSPS) is 12.1. The molecule has 6 nitrogen and oxygen atoms in total. The monoisotopic (exact) mass is 358 g/mol. The molecular formula is C13H14N2O4S3. The van der Waals surface area contributed by atoms with Gasteiger partial charge in [-0.05, 0) is 30.3 Å². The Morgan fingerprint density at radius 3 is 2.18 bits per heavy atom. The second kappa shape index (κ2) is 6.29. The lowest BCUT2D eigenvalue weighted by atomic mass is 10.3. The van der Waals surface area contributed by atoms with Crippen molar-refractivity contribution in [1.29, 1.82) is 0 Å². The van der Waals surface area contributed by atoms with Crippen LogP contribution in [-0.2, 0) is 20.0 Å². The number of anilines is 1. The molecule has 0 aliphatic heterocycles. The highest BCUT2D eigenvalue weighted by Gasteiger charge is 2.14. The molecule has 0 spiro atoms. The highest BCUT2D eigenvalue weighted by Crippen LogP contribution is 2.35. The minimum Gasteiger partial charge on any atom is -0.283 e. The highest BCUT2D eigenvalue weighted by molar-refractivity contribution is 7.99. The van der Waals surface area contributed by atoms with Crippen LogP contribution in [0.5, 0.6) is 0 Å². The third kappa shape index (κ3) is 4.73. The molecule has 2 rings (SSSR count). The van der Waals surface area contributed by atoms with Gasteiger partial charge in [0.05, 0.1) is 16.8 Å². The van der Waals surface area contributed by atoms with Crippen LogP contribution in [0, 0.1) is 0 Å². The second-order valence-corrected chi connectivity index (χ2v) is 8.92. The fraction of sp³-hybridized carbons (Fsp3) is 0.0769. The van der Waals surface area contributed by atoms with Crippen molar-refractivity contribution in [2.45, 2.75) is 14.7 Å². The Morgan fingerprint density at radius 2 is 1.64 bits per heavy atom. The van der Waals surface area contributed by atoms with Crippen LogP contribution in [0.2, 0.25) is 0 Å². The summed E-state index contributed by atoms with van der Waals surface area (Å²) in [6.07, 6.45) is 1.03. The first-order valence-electron chi connectivity index (χ1n) is 6.03. The van der Waals surface area contributed by atoms with Crippen LogP contribution in [0.1, 0.15) is 0 Å². The summed E-state index contributed by atoms with van der Waals surface area (Å²) in [7, 11) is -7.35. The van der Waals surface area contributed by atoms with E-state index in [0.29, 0.717) is 10.6 Å². The average molecular weight is 358 g/mol. The number of benzene rings is 2. The van der Waals surface area contributed by atoms with E-state index in [9.17, 15) is 16.8 Å². The molecule has 0 heterocycles. The van der Waals surface area contributed by atoms with E-state index in [0.717, 1.165) is 11.2 Å². The van der Waals surface area contributed by atoms with Crippen molar-refractivity contribution in [3.05, 3.63) is 48.5 Å². The number of nitrogens with two attached hydrogens (primary N) is 1. The number of sulfonamides is 2. The number of rotatable bonds is 5. The predicted octanol–water partition coefficient (Wildman–Crippen LogP) is 1.86. The van der Waals surface area contributed by atoms with E-state index in [-0.39, 0.29) is 4.90 Å². The van der Waals surface area contributed by atoms with Crippen LogP contribution in [-0.4, -0.2) is 23.1 Å². The molecule has 2 aromatic carbocycles. The molecule has 0 amide bonds. The van der Waals surface area contributed by atoms with Crippen LogP contribution >= 0.6 is 11.8 Å². The van der Waals surface area contributed by atoms with Crippen LogP contribution < -0.4 is 9.86 Å². The zero-order valence-electron chi connectivity index (χ0n) is 11.6. The molecule has 0 saturated carbocycles. The maximum Gasteiger partial charge on any atom is 0.238 e. The van der Waals surface area contributed by atoms with Gasteiger partial charge in [-0.25, -0.2) is 22.0 Å². The lowest BCUT2D eigenvalue weighted by Crippen LogP contribution is -2.14. The van der Waals surface area contributed by atoms with Crippen molar-refractivity contribution in [2.24, 2.45) is 5.14 Å². The Kier molecular flexibility index (Phi) is 4.81. The van der Waals surface area contributed by atoms with Gasteiger partial charge in [0.2, 0.25) is 20.0 Å². The molecule has 22 heavy (non-hydrogen) atoms. The molecule has 0 unspecified atom stereocenters. The van der Waals surface area contributed by atoms with E-state index in [1.807, 2.05) is 30.3 Å². The Labute approximate surface area is 133 Å². The van der Waals surface area contributed by atoms with Crippen LogP contribution in [0.15, 0.2) is 63.2 Å². The first kappa shape index (κ1) is 16.8. The van der Waals surface area contributed by atoms with Crippen LogP contribution in [0.4, 0.5) is 5.69 Å². The lowest BCUT2D eigenvalue weighted by molar-refractivity contribution is 0.597. The standard InChI is InChI=1S/C13H14N2O4S3/c1-21(16,17)15-12-8-7-11(22(14,18)19)9-13(12)20-10-5-3-2-4-6-10/h2-9,15H,1H3,(H2,14,18,19). The first-order chi connectivity index (χ1) is 10.1. The van der Waals surface area contributed by atoms with Gasteiger partial charge < -0.3 is 0 Å². The summed E-state index contributed by atoms with van der Waals surface area (Å²) >= 11 is 1.24. The van der Waals surface area contributed by atoms with Gasteiger partial charge in [-0.1, -0.05) is 30.0 Å². The number of nitrogens with one attached hydrogen (secondary N) is 1. The van der Waals surface area contributed by atoms with E-state index >= 15 is 0 Å². The van der Waals surface area contributed by atoms with Gasteiger partial charge >= 0.3 is 0 Å². The minimum atomic E-state index is -3.87. The first-order valence-corrected chi connectivity index (χ1v) is 10.3. The zero-order chi connectivity index (χ0) is 16.4. The van der Waals surface area contributed by atoms with Gasteiger partial charge in [-0.15, -0.1) is 0 Å².